The van der Waals surface area contributed by atoms with Gasteiger partial charge in [0.25, 0.3) is 0 Å². The predicted octanol–water partition coefficient (Wildman–Crippen LogP) is 1.15. The van der Waals surface area contributed by atoms with Crippen molar-refractivity contribution in [3.05, 3.63) is 24.0 Å². The Morgan fingerprint density at radius 1 is 1.59 bits per heavy atom. The number of methoxy groups -OCH3 is 1. The first-order valence-electron chi connectivity index (χ1n) is 5.50. The van der Waals surface area contributed by atoms with Crippen molar-refractivity contribution >= 4 is 11.6 Å². The van der Waals surface area contributed by atoms with E-state index in [0.29, 0.717) is 25.2 Å². The summed E-state index contributed by atoms with van der Waals surface area (Å²) in [6.45, 7) is 0.981. The maximum Gasteiger partial charge on any atom is 0.227 e. The fourth-order valence-electron chi connectivity index (χ4n) is 2.08. The zero-order valence-electron chi connectivity index (χ0n) is 9.65. The van der Waals surface area contributed by atoms with E-state index >= 15 is 0 Å². The monoisotopic (exact) mass is 238 g/mol. The lowest BCUT2D eigenvalue weighted by Crippen LogP contribution is -2.26. The minimum Gasteiger partial charge on any atom is -0.492 e. The third kappa shape index (κ3) is 2.10. The Kier molecular flexibility index (Phi) is 3.28. The van der Waals surface area contributed by atoms with Crippen LogP contribution in [0.1, 0.15) is 6.42 Å². The van der Waals surface area contributed by atoms with Crippen molar-refractivity contribution in [2.24, 2.45) is 11.7 Å². The highest BCUT2D eigenvalue weighted by Crippen LogP contribution is 2.34. The molecule has 1 fully saturated rings. The van der Waals surface area contributed by atoms with E-state index in [2.05, 4.69) is 0 Å². The molecule has 1 unspecified atom stereocenters. The first kappa shape index (κ1) is 11.9. The molecule has 0 radical (unpaired) electrons. The van der Waals surface area contributed by atoms with E-state index in [4.69, 9.17) is 10.5 Å². The van der Waals surface area contributed by atoms with Gasteiger partial charge in [0.15, 0.2) is 11.6 Å². The first-order valence-corrected chi connectivity index (χ1v) is 5.50. The number of nitrogens with zero attached hydrogens (tertiary/aromatic N) is 1. The smallest absolute Gasteiger partial charge is 0.227 e. The van der Waals surface area contributed by atoms with E-state index in [0.717, 1.165) is 0 Å². The number of nitrogens with two attached hydrogens (primary N) is 1. The van der Waals surface area contributed by atoms with Crippen LogP contribution in [0.4, 0.5) is 10.1 Å². The topological polar surface area (TPSA) is 55.6 Å². The summed E-state index contributed by atoms with van der Waals surface area (Å²) in [7, 11) is 1.39. The molecule has 5 heteroatoms. The average molecular weight is 238 g/mol. The van der Waals surface area contributed by atoms with E-state index in [1.807, 2.05) is 0 Å². The summed E-state index contributed by atoms with van der Waals surface area (Å²) in [6, 6.07) is 4.55. The number of ether oxygens (including phenoxy) is 1. The second kappa shape index (κ2) is 4.71. The van der Waals surface area contributed by atoms with Crippen LogP contribution in [0.15, 0.2) is 18.2 Å². The Balaban J connectivity index is 2.34. The summed E-state index contributed by atoms with van der Waals surface area (Å²) >= 11 is 0. The van der Waals surface area contributed by atoms with Gasteiger partial charge in [0.1, 0.15) is 0 Å². The zero-order valence-corrected chi connectivity index (χ0v) is 9.65. The second-order valence-electron chi connectivity index (χ2n) is 4.10. The molecule has 0 bridgehead atoms. The van der Waals surface area contributed by atoms with E-state index in [1.54, 1.807) is 17.0 Å². The quantitative estimate of drug-likeness (QED) is 0.859. The van der Waals surface area contributed by atoms with Gasteiger partial charge in [0.2, 0.25) is 5.91 Å². The molecule has 1 aromatic rings. The standard InChI is InChI=1S/C12H15FN2O2/c1-17-12-9(13)3-2-4-10(12)15-7-8(6-14)5-11(15)16/h2-4,8H,5-7,14H2,1H3. The highest BCUT2D eigenvalue weighted by Gasteiger charge is 2.31. The SMILES string of the molecule is COc1c(F)cccc1N1CC(CN)CC1=O. The van der Waals surface area contributed by atoms with Crippen LogP contribution >= 0.6 is 0 Å². The molecule has 92 valence electrons. The normalized spacial score (nSPS) is 19.8. The van der Waals surface area contributed by atoms with Gasteiger partial charge >= 0.3 is 0 Å². The fourth-order valence-corrected chi connectivity index (χ4v) is 2.08. The molecule has 1 saturated heterocycles. The zero-order chi connectivity index (χ0) is 12.4. The van der Waals surface area contributed by atoms with Gasteiger partial charge in [-0.05, 0) is 24.6 Å². The van der Waals surface area contributed by atoms with Gasteiger partial charge in [-0.3, -0.25) is 4.79 Å². The second-order valence-corrected chi connectivity index (χ2v) is 4.10. The summed E-state index contributed by atoms with van der Waals surface area (Å²) in [6.07, 6.45) is 0.413. The Labute approximate surface area is 99.2 Å². The number of carbonyl (C=O) groups excluding carboxylic acids is 1. The molecule has 0 saturated carbocycles. The lowest BCUT2D eigenvalue weighted by atomic mass is 10.1. The molecule has 0 aromatic heterocycles. The molecular weight excluding hydrogens is 223 g/mol. The van der Waals surface area contributed by atoms with Gasteiger partial charge in [-0.2, -0.15) is 0 Å². The first-order chi connectivity index (χ1) is 8.17. The van der Waals surface area contributed by atoms with E-state index < -0.39 is 5.82 Å². The van der Waals surface area contributed by atoms with Crippen LogP contribution < -0.4 is 15.4 Å². The number of rotatable bonds is 3. The van der Waals surface area contributed by atoms with Gasteiger partial charge in [0.05, 0.1) is 12.8 Å². The van der Waals surface area contributed by atoms with Gasteiger partial charge in [-0.25, -0.2) is 4.39 Å². The minimum atomic E-state index is -0.464. The molecule has 1 heterocycles. The van der Waals surface area contributed by atoms with Gasteiger partial charge in [-0.15, -0.1) is 0 Å². The van der Waals surface area contributed by atoms with Crippen molar-refractivity contribution in [2.45, 2.75) is 6.42 Å². The molecule has 2 rings (SSSR count). The predicted molar refractivity (Wildman–Crippen MR) is 62.5 cm³/mol. The molecule has 2 N–H and O–H groups in total. The minimum absolute atomic E-state index is 0.0376. The van der Waals surface area contributed by atoms with Crippen LogP contribution in [0, 0.1) is 11.7 Å². The lowest BCUT2D eigenvalue weighted by molar-refractivity contribution is -0.117. The number of anilines is 1. The van der Waals surface area contributed by atoms with Gasteiger partial charge in [-0.1, -0.05) is 6.07 Å². The summed E-state index contributed by atoms with van der Waals surface area (Å²) in [5, 5.41) is 0. The highest BCUT2D eigenvalue weighted by atomic mass is 19.1. The number of benzene rings is 1. The van der Waals surface area contributed by atoms with Crippen molar-refractivity contribution in [2.75, 3.05) is 25.1 Å². The lowest BCUT2D eigenvalue weighted by Gasteiger charge is -2.19. The number of para-hydroxylation sites is 1. The van der Waals surface area contributed by atoms with Crippen molar-refractivity contribution in [1.29, 1.82) is 0 Å². The maximum atomic E-state index is 13.5. The van der Waals surface area contributed by atoms with Crippen molar-refractivity contribution < 1.29 is 13.9 Å². The van der Waals surface area contributed by atoms with E-state index in [-0.39, 0.29) is 17.6 Å². The molecule has 0 spiro atoms. The highest BCUT2D eigenvalue weighted by molar-refractivity contribution is 5.97. The Hall–Kier alpha value is -1.62. The van der Waals surface area contributed by atoms with Gasteiger partial charge in [0, 0.05) is 13.0 Å². The molecule has 17 heavy (non-hydrogen) atoms. The third-order valence-electron chi connectivity index (χ3n) is 2.98. The van der Waals surface area contributed by atoms with E-state index in [1.165, 1.54) is 13.2 Å². The molecule has 1 aliphatic heterocycles. The van der Waals surface area contributed by atoms with Crippen LogP contribution in [-0.4, -0.2) is 26.1 Å². The largest absolute Gasteiger partial charge is 0.492 e. The van der Waals surface area contributed by atoms with Crippen LogP contribution in [-0.2, 0) is 4.79 Å². The number of hydrogen-bond donors (Lipinski definition) is 1. The van der Waals surface area contributed by atoms with Crippen molar-refractivity contribution in [3.8, 4) is 5.75 Å². The molecule has 1 amide bonds. The van der Waals surface area contributed by atoms with Crippen LogP contribution in [0.3, 0.4) is 0 Å². The maximum absolute atomic E-state index is 13.5. The number of amides is 1. The third-order valence-corrected chi connectivity index (χ3v) is 2.98. The van der Waals surface area contributed by atoms with Crippen molar-refractivity contribution in [3.63, 3.8) is 0 Å². The van der Waals surface area contributed by atoms with Crippen LogP contribution in [0.25, 0.3) is 0 Å². The number of carbonyl (C=O) groups is 1. The molecule has 4 nitrogen and oxygen atoms in total. The summed E-state index contributed by atoms with van der Waals surface area (Å²) in [4.78, 5) is 13.4. The van der Waals surface area contributed by atoms with Gasteiger partial charge < -0.3 is 15.4 Å². The molecule has 1 aromatic carbocycles. The Morgan fingerprint density at radius 3 is 2.94 bits per heavy atom. The van der Waals surface area contributed by atoms with Crippen LogP contribution in [0.2, 0.25) is 0 Å². The molecule has 1 aliphatic rings. The number of halogens is 1. The fraction of sp³-hybridized carbons (Fsp3) is 0.417. The molecule has 0 aliphatic carbocycles. The van der Waals surface area contributed by atoms with Crippen molar-refractivity contribution in [1.82, 2.24) is 0 Å². The summed E-state index contributed by atoms with van der Waals surface area (Å²) in [5.41, 5.74) is 6.03. The summed E-state index contributed by atoms with van der Waals surface area (Å²) < 4.78 is 18.5. The average Bonchev–Trinajstić information content (AvgIpc) is 2.70. The summed E-state index contributed by atoms with van der Waals surface area (Å²) in [5.74, 6) is -0.257. The molecule has 1 atom stereocenters. The Morgan fingerprint density at radius 2 is 2.35 bits per heavy atom. The Bertz CT molecular complexity index is 437. The van der Waals surface area contributed by atoms with E-state index in [9.17, 15) is 9.18 Å². The number of hydrogen-bond acceptors (Lipinski definition) is 3. The molecular formula is C12H15FN2O2. The van der Waals surface area contributed by atoms with Crippen LogP contribution in [0.5, 0.6) is 5.75 Å².